The van der Waals surface area contributed by atoms with Crippen molar-refractivity contribution >= 4 is 45.7 Å². The van der Waals surface area contributed by atoms with Gasteiger partial charge in [-0.1, -0.05) is 48.4 Å². The van der Waals surface area contributed by atoms with Gasteiger partial charge in [0.2, 0.25) is 5.95 Å². The Morgan fingerprint density at radius 2 is 1.87 bits per heavy atom. The Hall–Kier alpha value is -3.91. The average Bonchev–Trinajstić information content (AvgIpc) is 2.95. The molecule has 1 saturated heterocycles. The summed E-state index contributed by atoms with van der Waals surface area (Å²) in [5.41, 5.74) is 3.87. The van der Waals surface area contributed by atoms with Crippen molar-refractivity contribution in [3.8, 4) is 5.75 Å². The number of hydrogen-bond donors (Lipinski definition) is 1. The summed E-state index contributed by atoms with van der Waals surface area (Å²) in [4.78, 5) is 35.8. The number of ether oxygens (including phenoxy) is 1. The Bertz CT molecular complexity index is 1560. The van der Waals surface area contributed by atoms with Crippen LogP contribution in [0.1, 0.15) is 43.2 Å². The number of carbonyl (C=O) groups is 1. The second-order valence-corrected chi connectivity index (χ2v) is 10.4. The van der Waals surface area contributed by atoms with Gasteiger partial charge < -0.3 is 19.5 Å². The van der Waals surface area contributed by atoms with Crippen molar-refractivity contribution in [1.29, 1.82) is 0 Å². The third kappa shape index (κ3) is 5.91. The van der Waals surface area contributed by atoms with E-state index in [9.17, 15) is 9.59 Å². The standard InChI is InChI=1S/C30H32ClN5O3/c1-4-24(37)18-39-27-16-22-15-23(9-10-26(22)35(3)29(27)38)33-28-25(31)17-32-30(34-28)36-13-11-21(12-14-36)20-7-5-19(2)6-8-20/h5-10,15-17,21H,4,11-14,18H2,1-3H3,(H,32,33,34). The van der Waals surface area contributed by atoms with Crippen LogP contribution in [-0.2, 0) is 11.8 Å². The molecule has 202 valence electrons. The molecule has 0 bridgehead atoms. The van der Waals surface area contributed by atoms with Crippen LogP contribution in [0.3, 0.4) is 0 Å². The molecule has 1 fully saturated rings. The van der Waals surface area contributed by atoms with Gasteiger partial charge in [0.1, 0.15) is 11.6 Å². The second-order valence-electron chi connectivity index (χ2n) is 9.99. The number of pyridine rings is 1. The number of aryl methyl sites for hydroxylation is 2. The van der Waals surface area contributed by atoms with Gasteiger partial charge in [0.15, 0.2) is 17.4 Å². The van der Waals surface area contributed by atoms with Crippen molar-refractivity contribution in [2.75, 3.05) is 29.9 Å². The van der Waals surface area contributed by atoms with E-state index in [0.29, 0.717) is 29.1 Å². The number of halogens is 1. The number of rotatable bonds is 8. The number of nitrogens with zero attached hydrogens (tertiary/aromatic N) is 4. The van der Waals surface area contributed by atoms with Gasteiger partial charge in [0.25, 0.3) is 5.56 Å². The van der Waals surface area contributed by atoms with E-state index >= 15 is 0 Å². The molecule has 2 aromatic heterocycles. The van der Waals surface area contributed by atoms with Crippen molar-refractivity contribution in [1.82, 2.24) is 14.5 Å². The van der Waals surface area contributed by atoms with Crippen LogP contribution in [0, 0.1) is 6.92 Å². The Labute approximate surface area is 232 Å². The number of Topliss-reactive ketones (excluding diaryl/α,β-unsaturated/α-hetero) is 1. The molecular formula is C30H32ClN5O3. The number of piperidine rings is 1. The fraction of sp³-hybridized carbons (Fsp3) is 0.333. The summed E-state index contributed by atoms with van der Waals surface area (Å²) in [6, 6.07) is 16.1. The molecule has 39 heavy (non-hydrogen) atoms. The Kier molecular flexibility index (Phi) is 7.84. The highest BCUT2D eigenvalue weighted by atomic mass is 35.5. The number of aromatic nitrogens is 3. The number of benzene rings is 2. The molecule has 0 amide bonds. The summed E-state index contributed by atoms with van der Waals surface area (Å²) in [6.07, 6.45) is 4.05. The molecule has 0 radical (unpaired) electrons. The lowest BCUT2D eigenvalue weighted by molar-refractivity contribution is -0.120. The fourth-order valence-corrected chi connectivity index (χ4v) is 5.02. The number of carbonyl (C=O) groups excluding carboxylic acids is 1. The lowest BCUT2D eigenvalue weighted by atomic mass is 9.89. The van der Waals surface area contributed by atoms with Gasteiger partial charge in [-0.05, 0) is 55.5 Å². The van der Waals surface area contributed by atoms with E-state index in [1.807, 2.05) is 18.2 Å². The number of nitrogens with one attached hydrogen (secondary N) is 1. The summed E-state index contributed by atoms with van der Waals surface area (Å²) in [5.74, 6) is 1.76. The van der Waals surface area contributed by atoms with Gasteiger partial charge in [-0.3, -0.25) is 9.59 Å². The van der Waals surface area contributed by atoms with Gasteiger partial charge in [0, 0.05) is 37.6 Å². The van der Waals surface area contributed by atoms with E-state index in [1.54, 1.807) is 26.2 Å². The van der Waals surface area contributed by atoms with Crippen LogP contribution in [0.5, 0.6) is 5.75 Å². The van der Waals surface area contributed by atoms with Crippen LogP contribution >= 0.6 is 11.6 Å². The van der Waals surface area contributed by atoms with Gasteiger partial charge >= 0.3 is 0 Å². The van der Waals surface area contributed by atoms with Crippen molar-refractivity contribution in [2.24, 2.45) is 7.05 Å². The van der Waals surface area contributed by atoms with E-state index < -0.39 is 0 Å². The van der Waals surface area contributed by atoms with Crippen LogP contribution in [0.2, 0.25) is 5.02 Å². The molecule has 4 aromatic rings. The maximum Gasteiger partial charge on any atom is 0.293 e. The van der Waals surface area contributed by atoms with Crippen LogP contribution < -0.4 is 20.5 Å². The first-order valence-corrected chi connectivity index (χ1v) is 13.6. The highest BCUT2D eigenvalue weighted by Crippen LogP contribution is 2.32. The number of ketones is 1. The Morgan fingerprint density at radius 1 is 1.13 bits per heavy atom. The van der Waals surface area contributed by atoms with Gasteiger partial charge in [-0.2, -0.15) is 4.98 Å². The summed E-state index contributed by atoms with van der Waals surface area (Å²) in [6.45, 7) is 5.48. The molecule has 1 aliphatic heterocycles. The molecule has 0 spiro atoms. The lowest BCUT2D eigenvalue weighted by Crippen LogP contribution is -2.34. The van der Waals surface area contributed by atoms with Gasteiger partial charge in [-0.25, -0.2) is 4.98 Å². The zero-order chi connectivity index (χ0) is 27.5. The largest absolute Gasteiger partial charge is 0.480 e. The number of fused-ring (bicyclic) bond motifs is 1. The quantitative estimate of drug-likeness (QED) is 0.300. The first-order chi connectivity index (χ1) is 18.8. The van der Waals surface area contributed by atoms with E-state index in [2.05, 4.69) is 46.4 Å². The molecule has 0 aliphatic carbocycles. The monoisotopic (exact) mass is 545 g/mol. The Balaban J connectivity index is 1.33. The Morgan fingerprint density at radius 3 is 2.59 bits per heavy atom. The molecule has 3 heterocycles. The van der Waals surface area contributed by atoms with Gasteiger partial charge in [0.05, 0.1) is 11.7 Å². The normalized spacial score (nSPS) is 14.0. The summed E-state index contributed by atoms with van der Waals surface area (Å²) >= 11 is 6.47. The van der Waals surface area contributed by atoms with Crippen LogP contribution in [0.15, 0.2) is 59.5 Å². The van der Waals surface area contributed by atoms with Crippen molar-refractivity contribution in [3.63, 3.8) is 0 Å². The van der Waals surface area contributed by atoms with E-state index in [0.717, 1.165) is 42.5 Å². The average molecular weight is 546 g/mol. The molecule has 5 rings (SSSR count). The summed E-state index contributed by atoms with van der Waals surface area (Å²) in [7, 11) is 1.68. The maximum absolute atomic E-state index is 12.7. The fourth-order valence-electron chi connectivity index (χ4n) is 4.88. The zero-order valence-electron chi connectivity index (χ0n) is 22.4. The van der Waals surface area contributed by atoms with Gasteiger partial charge in [-0.15, -0.1) is 0 Å². The maximum atomic E-state index is 12.7. The minimum atomic E-state index is -0.290. The van der Waals surface area contributed by atoms with E-state index in [1.165, 1.54) is 15.7 Å². The second kappa shape index (κ2) is 11.5. The van der Waals surface area contributed by atoms with E-state index in [-0.39, 0.29) is 23.7 Å². The highest BCUT2D eigenvalue weighted by Gasteiger charge is 2.23. The minimum absolute atomic E-state index is 0.0684. The molecule has 0 atom stereocenters. The third-order valence-electron chi connectivity index (χ3n) is 7.29. The van der Waals surface area contributed by atoms with E-state index in [4.69, 9.17) is 21.3 Å². The predicted octanol–water partition coefficient (Wildman–Crippen LogP) is 5.78. The first kappa shape index (κ1) is 26.7. The van der Waals surface area contributed by atoms with Crippen LogP contribution in [0.4, 0.5) is 17.5 Å². The van der Waals surface area contributed by atoms with Crippen molar-refractivity contribution in [2.45, 2.75) is 39.0 Å². The third-order valence-corrected chi connectivity index (χ3v) is 7.57. The zero-order valence-corrected chi connectivity index (χ0v) is 23.2. The minimum Gasteiger partial charge on any atom is -0.480 e. The number of hydrogen-bond acceptors (Lipinski definition) is 7. The van der Waals surface area contributed by atoms with Crippen molar-refractivity contribution < 1.29 is 9.53 Å². The molecule has 8 nitrogen and oxygen atoms in total. The number of anilines is 3. The summed E-state index contributed by atoms with van der Waals surface area (Å²) in [5, 5.41) is 4.50. The van der Waals surface area contributed by atoms with Crippen LogP contribution in [-0.4, -0.2) is 40.0 Å². The van der Waals surface area contributed by atoms with Crippen LogP contribution in [0.25, 0.3) is 10.9 Å². The summed E-state index contributed by atoms with van der Waals surface area (Å²) < 4.78 is 7.04. The molecule has 9 heteroatoms. The molecule has 2 aromatic carbocycles. The lowest BCUT2D eigenvalue weighted by Gasteiger charge is -2.32. The topological polar surface area (TPSA) is 89.3 Å². The molecular weight excluding hydrogens is 514 g/mol. The highest BCUT2D eigenvalue weighted by molar-refractivity contribution is 6.32. The molecule has 0 saturated carbocycles. The molecule has 1 aliphatic rings. The molecule has 0 unspecified atom stereocenters. The smallest absolute Gasteiger partial charge is 0.293 e. The van der Waals surface area contributed by atoms with Crippen molar-refractivity contribution in [3.05, 3.63) is 81.2 Å². The first-order valence-electron chi connectivity index (χ1n) is 13.2. The molecule has 1 N–H and O–H groups in total. The SMILES string of the molecule is CCC(=O)COc1cc2cc(Nc3nc(N4CCC(c5ccc(C)cc5)CC4)ncc3Cl)ccc2n(C)c1=O. The predicted molar refractivity (Wildman–Crippen MR) is 156 cm³/mol.